The molecular formula is C19H20ClN5O2S. The normalized spacial score (nSPS) is 13.9. The minimum atomic E-state index is -0.869. The molecule has 0 amide bonds. The molecule has 2 aromatic heterocycles. The van der Waals surface area contributed by atoms with E-state index < -0.39 is 12.3 Å². The number of imidazole rings is 1. The summed E-state index contributed by atoms with van der Waals surface area (Å²) in [6.07, 6.45) is -1.40. The number of halogens is 1. The van der Waals surface area contributed by atoms with Gasteiger partial charge >= 0.3 is 0 Å². The lowest BCUT2D eigenvalue weighted by Crippen LogP contribution is -2.28. The maximum atomic E-state index is 10.3. The maximum Gasteiger partial charge on any atom is 0.209 e. The summed E-state index contributed by atoms with van der Waals surface area (Å²) in [7, 11) is 1.92. The van der Waals surface area contributed by atoms with Crippen molar-refractivity contribution in [2.75, 3.05) is 11.9 Å². The van der Waals surface area contributed by atoms with E-state index in [9.17, 15) is 10.2 Å². The molecule has 28 heavy (non-hydrogen) atoms. The lowest BCUT2D eigenvalue weighted by atomic mass is 10.1. The largest absolute Gasteiger partial charge is 0.392 e. The number of hydrogen-bond acceptors (Lipinski definition) is 7. The molecule has 4 N–H and O–H groups in total. The zero-order valence-corrected chi connectivity index (χ0v) is 16.9. The van der Waals surface area contributed by atoms with E-state index in [4.69, 9.17) is 11.6 Å². The second-order valence-electron chi connectivity index (χ2n) is 6.66. The Hall–Kier alpha value is -2.23. The van der Waals surface area contributed by atoms with Crippen LogP contribution in [0.25, 0.3) is 21.3 Å². The van der Waals surface area contributed by atoms with E-state index in [-0.39, 0.29) is 0 Å². The molecule has 0 bridgehead atoms. The van der Waals surface area contributed by atoms with Crippen molar-refractivity contribution in [2.24, 2.45) is 7.05 Å². The molecular weight excluding hydrogens is 398 g/mol. The van der Waals surface area contributed by atoms with Gasteiger partial charge in [-0.1, -0.05) is 29.0 Å². The Kier molecular flexibility index (Phi) is 5.22. The fraction of sp³-hybridized carbons (Fsp3) is 0.263. The van der Waals surface area contributed by atoms with Crippen LogP contribution in [0.4, 0.5) is 11.1 Å². The van der Waals surface area contributed by atoms with Crippen LogP contribution in [0.3, 0.4) is 0 Å². The van der Waals surface area contributed by atoms with Gasteiger partial charge in [0.25, 0.3) is 0 Å². The smallest absolute Gasteiger partial charge is 0.209 e. The van der Waals surface area contributed by atoms with Crippen LogP contribution in [0.2, 0.25) is 5.02 Å². The summed E-state index contributed by atoms with van der Waals surface area (Å²) >= 11 is 7.56. The van der Waals surface area contributed by atoms with Crippen molar-refractivity contribution in [3.63, 3.8) is 0 Å². The molecule has 2 heterocycles. The van der Waals surface area contributed by atoms with Crippen LogP contribution < -0.4 is 10.6 Å². The van der Waals surface area contributed by atoms with Gasteiger partial charge in [-0.15, -0.1) is 0 Å². The summed E-state index contributed by atoms with van der Waals surface area (Å²) in [6, 6.07) is 11.2. The molecule has 0 aliphatic carbocycles. The van der Waals surface area contributed by atoms with Crippen LogP contribution >= 0.6 is 22.9 Å². The lowest BCUT2D eigenvalue weighted by Gasteiger charge is -2.14. The van der Waals surface area contributed by atoms with E-state index in [2.05, 4.69) is 20.6 Å². The van der Waals surface area contributed by atoms with Gasteiger partial charge < -0.3 is 20.1 Å². The number of rotatable bonds is 6. The maximum absolute atomic E-state index is 10.3. The molecule has 0 fully saturated rings. The number of nitrogens with one attached hydrogen (secondary N) is 2. The van der Waals surface area contributed by atoms with Gasteiger partial charge in [0.1, 0.15) is 6.23 Å². The molecule has 146 valence electrons. The average molecular weight is 418 g/mol. The molecule has 4 rings (SSSR count). The molecule has 0 aliphatic heterocycles. The first-order valence-electron chi connectivity index (χ1n) is 8.80. The first kappa shape index (κ1) is 19.1. The summed E-state index contributed by atoms with van der Waals surface area (Å²) in [5.74, 6) is 0.656. The minimum Gasteiger partial charge on any atom is -0.392 e. The van der Waals surface area contributed by atoms with Crippen LogP contribution in [0, 0.1) is 0 Å². The average Bonchev–Trinajstić information content (AvgIpc) is 3.19. The van der Waals surface area contributed by atoms with Crippen molar-refractivity contribution in [3.05, 3.63) is 47.0 Å². The zero-order chi connectivity index (χ0) is 19.8. The van der Waals surface area contributed by atoms with Crippen LogP contribution in [0.1, 0.15) is 18.7 Å². The molecule has 1 unspecified atom stereocenters. The summed E-state index contributed by atoms with van der Waals surface area (Å²) in [5.41, 5.74) is 3.25. The number of thiazole rings is 1. The van der Waals surface area contributed by atoms with Gasteiger partial charge in [0.05, 0.1) is 27.4 Å². The predicted octanol–water partition coefficient (Wildman–Crippen LogP) is 3.54. The van der Waals surface area contributed by atoms with Crippen LogP contribution in [-0.4, -0.2) is 37.4 Å². The highest BCUT2D eigenvalue weighted by molar-refractivity contribution is 7.22. The fourth-order valence-corrected chi connectivity index (χ4v) is 4.08. The van der Waals surface area contributed by atoms with Crippen LogP contribution in [0.15, 0.2) is 36.4 Å². The monoisotopic (exact) mass is 417 g/mol. The Morgan fingerprint density at radius 3 is 2.75 bits per heavy atom. The standard InChI is InChI=1S/C19H20ClN5O2S/c1-10(26)9-21-17(27)11-3-6-15-14(7-11)22-18(25(15)2)24-19-23-13-5-4-12(20)8-16(13)28-19/h3-8,10,17,21,26-27H,9H2,1-2H3,(H,22,23,24)/t10-,17?/m0/s1. The van der Waals surface area contributed by atoms with E-state index in [0.717, 1.165) is 26.4 Å². The van der Waals surface area contributed by atoms with Crippen molar-refractivity contribution >= 4 is 55.3 Å². The van der Waals surface area contributed by atoms with Crippen LogP contribution in [-0.2, 0) is 7.05 Å². The number of benzene rings is 2. The SMILES string of the molecule is C[C@H](O)CNC(O)c1ccc2c(c1)nc(Nc1nc3ccc(Cl)cc3s1)n2C. The number of nitrogens with zero attached hydrogens (tertiary/aromatic N) is 3. The number of aliphatic hydroxyl groups excluding tert-OH is 2. The Morgan fingerprint density at radius 2 is 1.96 bits per heavy atom. The van der Waals surface area contributed by atoms with Gasteiger partial charge in [0.2, 0.25) is 5.95 Å². The van der Waals surface area contributed by atoms with Gasteiger partial charge in [0, 0.05) is 18.6 Å². The molecule has 2 aromatic carbocycles. The van der Waals surface area contributed by atoms with Crippen LogP contribution in [0.5, 0.6) is 0 Å². The molecule has 9 heteroatoms. The summed E-state index contributed by atoms with van der Waals surface area (Å²) in [5, 5.41) is 27.2. The minimum absolute atomic E-state index is 0.301. The first-order valence-corrected chi connectivity index (χ1v) is 9.99. The number of aryl methyl sites for hydroxylation is 1. The van der Waals surface area contributed by atoms with Gasteiger partial charge in [-0.25, -0.2) is 9.97 Å². The predicted molar refractivity (Wildman–Crippen MR) is 113 cm³/mol. The number of aliphatic hydroxyl groups is 2. The molecule has 0 radical (unpaired) electrons. The van der Waals surface area contributed by atoms with Gasteiger partial charge in [-0.05, 0) is 42.8 Å². The van der Waals surface area contributed by atoms with Crippen molar-refractivity contribution in [3.8, 4) is 0 Å². The van der Waals surface area contributed by atoms with Crippen molar-refractivity contribution in [2.45, 2.75) is 19.3 Å². The second kappa shape index (κ2) is 7.65. The highest BCUT2D eigenvalue weighted by atomic mass is 35.5. The topological polar surface area (TPSA) is 95.2 Å². The Bertz CT molecular complexity index is 1140. The summed E-state index contributed by atoms with van der Waals surface area (Å²) < 4.78 is 2.94. The lowest BCUT2D eigenvalue weighted by molar-refractivity contribution is 0.109. The number of hydrogen-bond donors (Lipinski definition) is 4. The van der Waals surface area contributed by atoms with Gasteiger partial charge in [0.15, 0.2) is 5.13 Å². The van der Waals surface area contributed by atoms with Crippen molar-refractivity contribution < 1.29 is 10.2 Å². The van der Waals surface area contributed by atoms with Gasteiger partial charge in [-0.3, -0.25) is 5.32 Å². The molecule has 0 saturated heterocycles. The van der Waals surface area contributed by atoms with E-state index >= 15 is 0 Å². The number of aromatic nitrogens is 3. The van der Waals surface area contributed by atoms with Gasteiger partial charge in [-0.2, -0.15) is 0 Å². The number of fused-ring (bicyclic) bond motifs is 2. The van der Waals surface area contributed by atoms with E-state index in [0.29, 0.717) is 23.1 Å². The Morgan fingerprint density at radius 1 is 1.14 bits per heavy atom. The Balaban J connectivity index is 1.61. The Labute approximate surface area is 170 Å². The first-order chi connectivity index (χ1) is 13.4. The third kappa shape index (κ3) is 3.82. The highest BCUT2D eigenvalue weighted by Crippen LogP contribution is 2.31. The summed E-state index contributed by atoms with van der Waals surface area (Å²) in [6.45, 7) is 1.96. The molecule has 7 nitrogen and oxygen atoms in total. The molecule has 0 saturated carbocycles. The highest BCUT2D eigenvalue weighted by Gasteiger charge is 2.14. The summed E-state index contributed by atoms with van der Waals surface area (Å²) in [4.78, 5) is 9.21. The third-order valence-electron chi connectivity index (χ3n) is 4.40. The molecule has 0 spiro atoms. The molecule has 0 aliphatic rings. The van der Waals surface area contributed by atoms with Crippen molar-refractivity contribution in [1.29, 1.82) is 0 Å². The second-order valence-corrected chi connectivity index (χ2v) is 8.13. The zero-order valence-electron chi connectivity index (χ0n) is 15.3. The van der Waals surface area contributed by atoms with E-state index in [1.165, 1.54) is 11.3 Å². The molecule has 4 aromatic rings. The van der Waals surface area contributed by atoms with E-state index in [1.54, 1.807) is 6.92 Å². The third-order valence-corrected chi connectivity index (χ3v) is 5.57. The molecule has 2 atom stereocenters. The van der Waals surface area contributed by atoms with Crippen molar-refractivity contribution in [1.82, 2.24) is 19.9 Å². The number of anilines is 2. The quantitative estimate of drug-likeness (QED) is 0.358. The van der Waals surface area contributed by atoms with E-state index in [1.807, 2.05) is 48.0 Å². The fourth-order valence-electron chi connectivity index (χ4n) is 2.95.